The van der Waals surface area contributed by atoms with Gasteiger partial charge >= 0.3 is 6.03 Å². The molecule has 0 bridgehead atoms. The first kappa shape index (κ1) is 15.9. The number of thiazole rings is 1. The third-order valence-electron chi connectivity index (χ3n) is 2.93. The van der Waals surface area contributed by atoms with Crippen LogP contribution in [0.5, 0.6) is 0 Å². The molecular weight excluding hydrogens is 262 g/mol. The molecule has 1 heterocycles. The molecule has 0 radical (unpaired) electrons. The molecular formula is C13H23N3O2S. The fourth-order valence-electron chi connectivity index (χ4n) is 1.55. The fraction of sp³-hybridized carbons (Fsp3) is 0.692. The van der Waals surface area contributed by atoms with Gasteiger partial charge in [0.1, 0.15) is 0 Å². The quantitative estimate of drug-likeness (QED) is 0.714. The van der Waals surface area contributed by atoms with Gasteiger partial charge in [-0.25, -0.2) is 9.78 Å². The van der Waals surface area contributed by atoms with Crippen molar-refractivity contribution in [3.8, 4) is 0 Å². The second kappa shape index (κ2) is 8.12. The van der Waals surface area contributed by atoms with E-state index in [1.165, 1.54) is 4.88 Å². The van der Waals surface area contributed by atoms with Crippen molar-refractivity contribution in [3.05, 3.63) is 15.6 Å². The number of aromatic nitrogens is 1. The van der Waals surface area contributed by atoms with E-state index < -0.39 is 0 Å². The van der Waals surface area contributed by atoms with E-state index in [-0.39, 0.29) is 12.1 Å². The largest absolute Gasteiger partial charge is 0.393 e. The number of urea groups is 1. The van der Waals surface area contributed by atoms with E-state index in [0.29, 0.717) is 25.9 Å². The Balaban J connectivity index is 2.13. The summed E-state index contributed by atoms with van der Waals surface area (Å²) in [5.74, 6) is 0. The van der Waals surface area contributed by atoms with Crippen molar-refractivity contribution in [1.29, 1.82) is 0 Å². The number of aliphatic hydroxyl groups is 1. The topological polar surface area (TPSA) is 74.2 Å². The predicted octanol–water partition coefficient (Wildman–Crippen LogP) is 1.76. The molecule has 19 heavy (non-hydrogen) atoms. The van der Waals surface area contributed by atoms with E-state index in [4.69, 9.17) is 0 Å². The molecule has 0 fully saturated rings. The standard InChI is InChI=1S/C13H23N3O2S/c1-4-11(17)5-7-14-13(18)15-8-6-12-16-9(2)10(3)19-12/h11,17H,4-8H2,1-3H3,(H2,14,15,18). The third-order valence-corrected chi connectivity index (χ3v) is 4.06. The summed E-state index contributed by atoms with van der Waals surface area (Å²) in [4.78, 5) is 17.1. The summed E-state index contributed by atoms with van der Waals surface area (Å²) >= 11 is 1.67. The molecule has 6 heteroatoms. The lowest BCUT2D eigenvalue weighted by Gasteiger charge is -2.09. The predicted molar refractivity (Wildman–Crippen MR) is 77.6 cm³/mol. The summed E-state index contributed by atoms with van der Waals surface area (Å²) in [6.07, 6.45) is 1.73. The van der Waals surface area contributed by atoms with Crippen LogP contribution in [0, 0.1) is 13.8 Å². The molecule has 0 aliphatic carbocycles. The Morgan fingerprint density at radius 2 is 2.05 bits per heavy atom. The number of aliphatic hydroxyl groups excluding tert-OH is 1. The maximum absolute atomic E-state index is 11.5. The molecule has 1 aromatic rings. The molecule has 0 aromatic carbocycles. The summed E-state index contributed by atoms with van der Waals surface area (Å²) in [5, 5.41) is 15.9. The highest BCUT2D eigenvalue weighted by atomic mass is 32.1. The van der Waals surface area contributed by atoms with E-state index in [1.807, 2.05) is 13.8 Å². The highest BCUT2D eigenvalue weighted by Gasteiger charge is 2.05. The molecule has 0 aliphatic rings. The number of nitrogens with one attached hydrogen (secondary N) is 2. The Morgan fingerprint density at radius 1 is 1.37 bits per heavy atom. The monoisotopic (exact) mass is 285 g/mol. The number of hydrogen-bond donors (Lipinski definition) is 3. The molecule has 1 aromatic heterocycles. The van der Waals surface area contributed by atoms with Gasteiger partial charge in [0.25, 0.3) is 0 Å². The molecule has 1 rings (SSSR count). The Hall–Kier alpha value is -1.14. The minimum atomic E-state index is -0.332. The molecule has 2 amide bonds. The maximum atomic E-state index is 11.5. The van der Waals surface area contributed by atoms with Gasteiger partial charge in [0.2, 0.25) is 0 Å². The smallest absolute Gasteiger partial charge is 0.314 e. The zero-order valence-electron chi connectivity index (χ0n) is 11.8. The van der Waals surface area contributed by atoms with Gasteiger partial charge in [-0.1, -0.05) is 6.92 Å². The Labute approximate surface area is 118 Å². The maximum Gasteiger partial charge on any atom is 0.314 e. The van der Waals surface area contributed by atoms with Gasteiger partial charge in [-0.3, -0.25) is 0 Å². The molecule has 5 nitrogen and oxygen atoms in total. The number of amides is 2. The first-order valence-electron chi connectivity index (χ1n) is 6.65. The first-order chi connectivity index (χ1) is 9.02. The molecule has 0 saturated heterocycles. The van der Waals surface area contributed by atoms with Crippen LogP contribution in [0.2, 0.25) is 0 Å². The van der Waals surface area contributed by atoms with E-state index in [1.54, 1.807) is 11.3 Å². The minimum absolute atomic E-state index is 0.187. The summed E-state index contributed by atoms with van der Waals surface area (Å²) in [6.45, 7) is 7.04. The van der Waals surface area contributed by atoms with E-state index in [2.05, 4.69) is 22.5 Å². The second-order valence-electron chi connectivity index (χ2n) is 4.53. The SMILES string of the molecule is CCC(O)CCNC(=O)NCCc1nc(C)c(C)s1. The zero-order valence-corrected chi connectivity index (χ0v) is 12.6. The normalized spacial score (nSPS) is 12.2. The number of carbonyl (C=O) groups excluding carboxylic acids is 1. The van der Waals surface area contributed by atoms with Crippen LogP contribution in [-0.2, 0) is 6.42 Å². The van der Waals surface area contributed by atoms with Crippen molar-refractivity contribution in [1.82, 2.24) is 15.6 Å². The summed E-state index contributed by atoms with van der Waals surface area (Å²) in [5.41, 5.74) is 1.07. The first-order valence-corrected chi connectivity index (χ1v) is 7.47. The molecule has 0 spiro atoms. The number of carbonyl (C=O) groups is 1. The van der Waals surface area contributed by atoms with Gasteiger partial charge in [-0.2, -0.15) is 0 Å². The average Bonchev–Trinajstić information content (AvgIpc) is 2.68. The van der Waals surface area contributed by atoms with Gasteiger partial charge < -0.3 is 15.7 Å². The van der Waals surface area contributed by atoms with Crippen LogP contribution >= 0.6 is 11.3 Å². The van der Waals surface area contributed by atoms with Gasteiger partial charge in [0.15, 0.2) is 0 Å². The van der Waals surface area contributed by atoms with Gasteiger partial charge in [-0.05, 0) is 26.7 Å². The highest BCUT2D eigenvalue weighted by Crippen LogP contribution is 2.16. The Bertz CT molecular complexity index is 387. The fourth-order valence-corrected chi connectivity index (χ4v) is 2.48. The van der Waals surface area contributed by atoms with Crippen LogP contribution in [0.25, 0.3) is 0 Å². The van der Waals surface area contributed by atoms with Crippen molar-refractivity contribution in [2.75, 3.05) is 13.1 Å². The van der Waals surface area contributed by atoms with Crippen LogP contribution in [0.3, 0.4) is 0 Å². The number of rotatable bonds is 7. The molecule has 0 aliphatic heterocycles. The molecule has 3 N–H and O–H groups in total. The average molecular weight is 285 g/mol. The zero-order chi connectivity index (χ0) is 14.3. The van der Waals surface area contributed by atoms with Crippen molar-refractivity contribution in [3.63, 3.8) is 0 Å². The van der Waals surface area contributed by atoms with E-state index >= 15 is 0 Å². The minimum Gasteiger partial charge on any atom is -0.393 e. The van der Waals surface area contributed by atoms with Crippen LogP contribution in [0.1, 0.15) is 35.3 Å². The second-order valence-corrected chi connectivity index (χ2v) is 5.82. The summed E-state index contributed by atoms with van der Waals surface area (Å²) < 4.78 is 0. The lowest BCUT2D eigenvalue weighted by molar-refractivity contribution is 0.160. The van der Waals surface area contributed by atoms with Crippen LogP contribution < -0.4 is 10.6 Å². The Morgan fingerprint density at radius 3 is 2.63 bits per heavy atom. The van der Waals surface area contributed by atoms with Gasteiger partial charge in [0.05, 0.1) is 16.8 Å². The number of hydrogen-bond acceptors (Lipinski definition) is 4. The van der Waals surface area contributed by atoms with Crippen molar-refractivity contribution in [2.24, 2.45) is 0 Å². The van der Waals surface area contributed by atoms with Gasteiger partial charge in [0, 0.05) is 24.4 Å². The molecule has 1 atom stereocenters. The molecule has 0 saturated carbocycles. The lowest BCUT2D eigenvalue weighted by atomic mass is 10.2. The van der Waals surface area contributed by atoms with Crippen LogP contribution in [0.4, 0.5) is 4.79 Å². The third kappa shape index (κ3) is 6.02. The van der Waals surface area contributed by atoms with Crippen molar-refractivity contribution in [2.45, 2.75) is 46.1 Å². The molecule has 108 valence electrons. The summed E-state index contributed by atoms with van der Waals surface area (Å²) in [7, 11) is 0. The van der Waals surface area contributed by atoms with Crippen molar-refractivity contribution < 1.29 is 9.90 Å². The van der Waals surface area contributed by atoms with E-state index in [0.717, 1.165) is 17.1 Å². The number of aryl methyl sites for hydroxylation is 2. The van der Waals surface area contributed by atoms with Crippen LogP contribution in [-0.4, -0.2) is 35.3 Å². The van der Waals surface area contributed by atoms with E-state index in [9.17, 15) is 9.90 Å². The number of nitrogens with zero attached hydrogens (tertiary/aromatic N) is 1. The Kier molecular flexibility index (Phi) is 6.80. The molecule has 1 unspecified atom stereocenters. The lowest BCUT2D eigenvalue weighted by Crippen LogP contribution is -2.37. The van der Waals surface area contributed by atoms with Crippen molar-refractivity contribution >= 4 is 17.4 Å². The summed E-state index contributed by atoms with van der Waals surface area (Å²) in [6, 6.07) is -0.187. The van der Waals surface area contributed by atoms with Crippen LogP contribution in [0.15, 0.2) is 0 Å². The highest BCUT2D eigenvalue weighted by molar-refractivity contribution is 7.11. The van der Waals surface area contributed by atoms with Gasteiger partial charge in [-0.15, -0.1) is 11.3 Å².